The van der Waals surface area contributed by atoms with Crippen molar-refractivity contribution in [1.29, 1.82) is 0 Å². The fraction of sp³-hybridized carbons (Fsp3) is 0.429. The zero-order valence-corrected chi connectivity index (χ0v) is 7.65. The first kappa shape index (κ1) is 9.28. The quantitative estimate of drug-likeness (QED) is 0.513. The molecular formula is C7H11N3OS. The van der Waals surface area contributed by atoms with Crippen molar-refractivity contribution in [3.63, 3.8) is 0 Å². The van der Waals surface area contributed by atoms with Gasteiger partial charge in [-0.1, -0.05) is 11.8 Å². The Morgan fingerprint density at radius 2 is 2.50 bits per heavy atom. The Hall–Kier alpha value is -0.810. The normalized spacial score (nSPS) is 10.2. The average molecular weight is 185 g/mol. The van der Waals surface area contributed by atoms with Crippen LogP contribution < -0.4 is 11.3 Å². The second kappa shape index (κ2) is 4.27. The number of aromatic amines is 1. The molecule has 0 amide bonds. The van der Waals surface area contributed by atoms with Crippen molar-refractivity contribution in [2.75, 3.05) is 12.8 Å². The molecule has 5 heteroatoms. The monoisotopic (exact) mass is 185 g/mol. The first-order valence-electron chi connectivity index (χ1n) is 3.60. The van der Waals surface area contributed by atoms with Gasteiger partial charge in [0.05, 0.1) is 5.69 Å². The molecule has 0 aromatic carbocycles. The van der Waals surface area contributed by atoms with Crippen LogP contribution in [0.3, 0.4) is 0 Å². The molecule has 0 aliphatic rings. The molecule has 12 heavy (non-hydrogen) atoms. The van der Waals surface area contributed by atoms with E-state index < -0.39 is 0 Å². The predicted octanol–water partition coefficient (Wildman–Crippen LogP) is -0.00700. The van der Waals surface area contributed by atoms with Crippen LogP contribution in [0.25, 0.3) is 0 Å². The van der Waals surface area contributed by atoms with E-state index in [9.17, 15) is 4.79 Å². The number of nitrogens with zero attached hydrogens (tertiary/aromatic N) is 1. The van der Waals surface area contributed by atoms with Crippen LogP contribution in [0.15, 0.2) is 16.0 Å². The van der Waals surface area contributed by atoms with Gasteiger partial charge < -0.3 is 10.7 Å². The van der Waals surface area contributed by atoms with Crippen LogP contribution in [0.1, 0.15) is 5.69 Å². The Labute approximate surface area is 74.6 Å². The molecule has 0 aliphatic heterocycles. The van der Waals surface area contributed by atoms with Gasteiger partial charge in [0.25, 0.3) is 5.56 Å². The molecule has 1 heterocycles. The molecule has 66 valence electrons. The fourth-order valence-electron chi connectivity index (χ4n) is 0.856. The summed E-state index contributed by atoms with van der Waals surface area (Å²) < 4.78 is 0. The van der Waals surface area contributed by atoms with E-state index >= 15 is 0 Å². The van der Waals surface area contributed by atoms with Gasteiger partial charge >= 0.3 is 0 Å². The lowest BCUT2D eigenvalue weighted by atomic mass is 10.3. The summed E-state index contributed by atoms with van der Waals surface area (Å²) in [4.78, 5) is 17.8. The van der Waals surface area contributed by atoms with Crippen LogP contribution in [0.4, 0.5) is 0 Å². The molecular weight excluding hydrogens is 174 g/mol. The second-order valence-electron chi connectivity index (χ2n) is 2.28. The largest absolute Gasteiger partial charge is 0.330 e. The average Bonchev–Trinajstić information content (AvgIpc) is 2.04. The highest BCUT2D eigenvalue weighted by atomic mass is 32.2. The minimum atomic E-state index is -0.113. The molecule has 0 fully saturated rings. The zero-order chi connectivity index (χ0) is 8.97. The summed E-state index contributed by atoms with van der Waals surface area (Å²) in [6, 6.07) is 1.48. The molecule has 0 bridgehead atoms. The Balaban J connectivity index is 2.98. The Morgan fingerprint density at radius 1 is 1.75 bits per heavy atom. The van der Waals surface area contributed by atoms with Gasteiger partial charge in [0.1, 0.15) is 0 Å². The lowest BCUT2D eigenvalue weighted by molar-refractivity contribution is 0.838. The minimum absolute atomic E-state index is 0.113. The van der Waals surface area contributed by atoms with E-state index in [-0.39, 0.29) is 5.56 Å². The van der Waals surface area contributed by atoms with E-state index in [1.54, 1.807) is 0 Å². The third-order valence-corrected chi connectivity index (χ3v) is 1.95. The molecule has 0 atom stereocenters. The number of nitrogens with one attached hydrogen (secondary N) is 1. The molecule has 1 aromatic rings. The maximum absolute atomic E-state index is 11.0. The van der Waals surface area contributed by atoms with Gasteiger partial charge in [-0.25, -0.2) is 4.98 Å². The summed E-state index contributed by atoms with van der Waals surface area (Å²) >= 11 is 1.42. The SMILES string of the molecule is CSc1nc(CCN)cc(=O)[nH]1. The molecule has 0 spiro atoms. The molecule has 0 unspecified atom stereocenters. The third-order valence-electron chi connectivity index (χ3n) is 1.37. The van der Waals surface area contributed by atoms with Crippen molar-refractivity contribution >= 4 is 11.8 Å². The van der Waals surface area contributed by atoms with Crippen LogP contribution >= 0.6 is 11.8 Å². The van der Waals surface area contributed by atoms with Crippen LogP contribution in [-0.4, -0.2) is 22.8 Å². The van der Waals surface area contributed by atoms with E-state index in [1.165, 1.54) is 17.8 Å². The molecule has 1 aromatic heterocycles. The zero-order valence-electron chi connectivity index (χ0n) is 6.83. The standard InChI is InChI=1S/C7H11N3OS/c1-12-7-9-5(2-3-8)4-6(11)10-7/h4H,2-3,8H2,1H3,(H,9,10,11). The van der Waals surface area contributed by atoms with E-state index in [0.29, 0.717) is 18.1 Å². The summed E-state index contributed by atoms with van der Waals surface area (Å²) in [5.41, 5.74) is 5.99. The molecule has 0 saturated heterocycles. The van der Waals surface area contributed by atoms with Gasteiger partial charge in [-0.15, -0.1) is 0 Å². The fourth-order valence-corrected chi connectivity index (χ4v) is 1.27. The van der Waals surface area contributed by atoms with E-state index in [0.717, 1.165) is 5.69 Å². The number of thioether (sulfide) groups is 1. The van der Waals surface area contributed by atoms with Crippen LogP contribution in [-0.2, 0) is 6.42 Å². The predicted molar refractivity (Wildman–Crippen MR) is 49.4 cm³/mol. The van der Waals surface area contributed by atoms with Gasteiger partial charge in [0.2, 0.25) is 0 Å². The van der Waals surface area contributed by atoms with Crippen molar-refractivity contribution in [1.82, 2.24) is 9.97 Å². The summed E-state index contributed by atoms with van der Waals surface area (Å²) in [5.74, 6) is 0. The van der Waals surface area contributed by atoms with Gasteiger partial charge in [-0.2, -0.15) is 0 Å². The molecule has 4 nitrogen and oxygen atoms in total. The summed E-state index contributed by atoms with van der Waals surface area (Å²) in [6.07, 6.45) is 2.52. The van der Waals surface area contributed by atoms with Gasteiger partial charge in [-0.05, 0) is 12.8 Å². The first-order chi connectivity index (χ1) is 5.76. The number of aromatic nitrogens is 2. The topological polar surface area (TPSA) is 71.8 Å². The van der Waals surface area contributed by atoms with E-state index in [4.69, 9.17) is 5.73 Å². The first-order valence-corrected chi connectivity index (χ1v) is 4.83. The number of rotatable bonds is 3. The Morgan fingerprint density at radius 3 is 3.08 bits per heavy atom. The maximum atomic E-state index is 11.0. The van der Waals surface area contributed by atoms with Crippen LogP contribution in [0, 0.1) is 0 Å². The summed E-state index contributed by atoms with van der Waals surface area (Å²) in [5, 5.41) is 0.644. The van der Waals surface area contributed by atoms with Crippen molar-refractivity contribution in [3.8, 4) is 0 Å². The Bertz CT molecular complexity index is 310. The molecule has 3 N–H and O–H groups in total. The van der Waals surface area contributed by atoms with Gasteiger partial charge in [0.15, 0.2) is 5.16 Å². The highest BCUT2D eigenvalue weighted by Crippen LogP contribution is 2.05. The van der Waals surface area contributed by atoms with E-state index in [1.807, 2.05) is 6.26 Å². The molecule has 0 saturated carbocycles. The lowest BCUT2D eigenvalue weighted by Crippen LogP contribution is -2.12. The summed E-state index contributed by atoms with van der Waals surface area (Å²) in [7, 11) is 0. The summed E-state index contributed by atoms with van der Waals surface area (Å²) in [6.45, 7) is 0.518. The van der Waals surface area contributed by atoms with Crippen molar-refractivity contribution in [2.24, 2.45) is 5.73 Å². The smallest absolute Gasteiger partial charge is 0.251 e. The van der Waals surface area contributed by atoms with Crippen LogP contribution in [0.5, 0.6) is 0 Å². The van der Waals surface area contributed by atoms with Crippen molar-refractivity contribution in [2.45, 2.75) is 11.6 Å². The number of hydrogen-bond donors (Lipinski definition) is 2. The lowest BCUT2D eigenvalue weighted by Gasteiger charge is -1.99. The van der Waals surface area contributed by atoms with E-state index in [2.05, 4.69) is 9.97 Å². The van der Waals surface area contributed by atoms with Gasteiger partial charge in [0, 0.05) is 12.5 Å². The molecule has 1 rings (SSSR count). The van der Waals surface area contributed by atoms with Crippen molar-refractivity contribution < 1.29 is 0 Å². The highest BCUT2D eigenvalue weighted by Gasteiger charge is 1.98. The number of hydrogen-bond acceptors (Lipinski definition) is 4. The molecule has 0 aliphatic carbocycles. The number of nitrogens with two attached hydrogens (primary N) is 1. The minimum Gasteiger partial charge on any atom is -0.330 e. The molecule has 0 radical (unpaired) electrons. The maximum Gasteiger partial charge on any atom is 0.251 e. The second-order valence-corrected chi connectivity index (χ2v) is 3.08. The third kappa shape index (κ3) is 2.35. The Kier molecular flexibility index (Phi) is 3.31. The van der Waals surface area contributed by atoms with Gasteiger partial charge in [-0.3, -0.25) is 4.79 Å². The van der Waals surface area contributed by atoms with Crippen LogP contribution in [0.2, 0.25) is 0 Å². The highest BCUT2D eigenvalue weighted by molar-refractivity contribution is 7.98. The van der Waals surface area contributed by atoms with Crippen molar-refractivity contribution in [3.05, 3.63) is 22.1 Å². The number of H-pyrrole nitrogens is 1.